The van der Waals surface area contributed by atoms with Crippen molar-refractivity contribution in [1.82, 2.24) is 4.98 Å². The Kier molecular flexibility index (Phi) is 3.89. The van der Waals surface area contributed by atoms with Crippen LogP contribution >= 0.6 is 27.5 Å². The SMILES string of the molecule is Cc1[nH]c2c(Br)c(C(=O)c3cc(F)ccc3Cl)c(N)cc2c1C1CC1. The molecule has 4 rings (SSSR count). The number of aryl methyl sites for hydroxylation is 1. The Balaban J connectivity index is 1.93. The molecular weight excluding hydrogens is 407 g/mol. The lowest BCUT2D eigenvalue weighted by molar-refractivity contribution is 0.103. The highest BCUT2D eigenvalue weighted by atomic mass is 79.9. The van der Waals surface area contributed by atoms with Crippen molar-refractivity contribution in [3.8, 4) is 0 Å². The summed E-state index contributed by atoms with van der Waals surface area (Å²) >= 11 is 9.61. The van der Waals surface area contributed by atoms with Gasteiger partial charge in [-0.3, -0.25) is 4.79 Å². The number of nitrogens with one attached hydrogen (secondary N) is 1. The lowest BCUT2D eigenvalue weighted by Gasteiger charge is -2.11. The zero-order valence-electron chi connectivity index (χ0n) is 13.4. The summed E-state index contributed by atoms with van der Waals surface area (Å²) in [6, 6.07) is 5.56. The second-order valence-corrected chi connectivity index (χ2v) is 7.67. The number of nitrogens with two attached hydrogens (primary N) is 1. The fraction of sp³-hybridized carbons (Fsp3) is 0.211. The van der Waals surface area contributed by atoms with Crippen molar-refractivity contribution in [2.75, 3.05) is 5.73 Å². The standard InChI is InChI=1S/C19H15BrClFN2O/c1-8-15(9-2-3-9)12-7-14(23)16(17(20)18(12)24-8)19(25)11-6-10(22)4-5-13(11)21/h4-7,9,24H,2-3,23H2,1H3. The molecule has 25 heavy (non-hydrogen) atoms. The lowest BCUT2D eigenvalue weighted by atomic mass is 9.98. The van der Waals surface area contributed by atoms with Crippen molar-refractivity contribution in [2.24, 2.45) is 0 Å². The van der Waals surface area contributed by atoms with Crippen LogP contribution in [0.15, 0.2) is 28.7 Å². The number of H-pyrrole nitrogens is 1. The summed E-state index contributed by atoms with van der Waals surface area (Å²) in [7, 11) is 0. The molecule has 3 nitrogen and oxygen atoms in total. The van der Waals surface area contributed by atoms with E-state index in [9.17, 15) is 9.18 Å². The minimum absolute atomic E-state index is 0.0964. The zero-order valence-corrected chi connectivity index (χ0v) is 15.8. The fourth-order valence-electron chi connectivity index (χ4n) is 3.40. The lowest BCUT2D eigenvalue weighted by Crippen LogP contribution is -2.08. The largest absolute Gasteiger partial charge is 0.398 e. The smallest absolute Gasteiger partial charge is 0.197 e. The van der Waals surface area contributed by atoms with E-state index in [1.54, 1.807) is 0 Å². The van der Waals surface area contributed by atoms with E-state index in [0.717, 1.165) is 22.7 Å². The van der Waals surface area contributed by atoms with Gasteiger partial charge in [0.15, 0.2) is 5.78 Å². The van der Waals surface area contributed by atoms with Gasteiger partial charge in [-0.2, -0.15) is 0 Å². The number of fused-ring (bicyclic) bond motifs is 1. The van der Waals surface area contributed by atoms with Gasteiger partial charge in [-0.05, 0) is 71.4 Å². The van der Waals surface area contributed by atoms with Gasteiger partial charge in [-0.15, -0.1) is 0 Å². The first-order valence-electron chi connectivity index (χ1n) is 7.98. The molecule has 1 aliphatic rings. The van der Waals surface area contributed by atoms with Crippen LogP contribution in [0.25, 0.3) is 10.9 Å². The molecule has 0 spiro atoms. The van der Waals surface area contributed by atoms with Gasteiger partial charge in [0.1, 0.15) is 5.82 Å². The maximum absolute atomic E-state index is 13.6. The molecule has 1 saturated carbocycles. The van der Waals surface area contributed by atoms with E-state index >= 15 is 0 Å². The van der Waals surface area contributed by atoms with Gasteiger partial charge in [0.25, 0.3) is 0 Å². The molecule has 2 aromatic carbocycles. The Morgan fingerprint density at radius 2 is 2.08 bits per heavy atom. The minimum Gasteiger partial charge on any atom is -0.398 e. The maximum Gasteiger partial charge on any atom is 0.197 e. The Labute approximate surface area is 157 Å². The number of halogens is 3. The third-order valence-corrected chi connectivity index (χ3v) is 5.81. The first kappa shape index (κ1) is 16.6. The number of ketones is 1. The van der Waals surface area contributed by atoms with Gasteiger partial charge >= 0.3 is 0 Å². The van der Waals surface area contributed by atoms with E-state index in [1.165, 1.54) is 30.5 Å². The molecule has 0 radical (unpaired) electrons. The fourth-order valence-corrected chi connectivity index (χ4v) is 4.32. The molecule has 0 unspecified atom stereocenters. The van der Waals surface area contributed by atoms with Crippen LogP contribution in [0.4, 0.5) is 10.1 Å². The molecule has 0 aliphatic heterocycles. The summed E-state index contributed by atoms with van der Waals surface area (Å²) in [5.74, 6) is -0.370. The Bertz CT molecular complexity index is 1040. The second kappa shape index (κ2) is 5.85. The summed E-state index contributed by atoms with van der Waals surface area (Å²) < 4.78 is 14.2. The van der Waals surface area contributed by atoms with Gasteiger partial charge in [0.05, 0.1) is 20.6 Å². The number of rotatable bonds is 3. The van der Waals surface area contributed by atoms with Crippen LogP contribution in [0.1, 0.15) is 45.9 Å². The van der Waals surface area contributed by atoms with Crippen LogP contribution in [0.5, 0.6) is 0 Å². The third kappa shape index (κ3) is 2.66. The molecule has 1 fully saturated rings. The van der Waals surface area contributed by atoms with Crippen LogP contribution in [0, 0.1) is 12.7 Å². The molecule has 128 valence electrons. The van der Waals surface area contributed by atoms with Gasteiger partial charge in [-0.1, -0.05) is 11.6 Å². The normalized spacial score (nSPS) is 14.2. The first-order chi connectivity index (χ1) is 11.9. The van der Waals surface area contributed by atoms with Crippen molar-refractivity contribution in [1.29, 1.82) is 0 Å². The summed E-state index contributed by atoms with van der Waals surface area (Å²) in [5, 5.41) is 1.23. The van der Waals surface area contributed by atoms with Crippen molar-refractivity contribution in [2.45, 2.75) is 25.7 Å². The highest BCUT2D eigenvalue weighted by Crippen LogP contribution is 2.47. The number of hydrogen-bond donors (Lipinski definition) is 2. The molecule has 0 bridgehead atoms. The van der Waals surface area contributed by atoms with E-state index in [2.05, 4.69) is 20.9 Å². The highest BCUT2D eigenvalue weighted by molar-refractivity contribution is 9.10. The monoisotopic (exact) mass is 420 g/mol. The minimum atomic E-state index is -0.518. The predicted molar refractivity (Wildman–Crippen MR) is 102 cm³/mol. The van der Waals surface area contributed by atoms with Crippen molar-refractivity contribution in [3.63, 3.8) is 0 Å². The maximum atomic E-state index is 13.6. The van der Waals surface area contributed by atoms with Gasteiger partial charge in [0, 0.05) is 22.3 Å². The Morgan fingerprint density at radius 3 is 2.76 bits per heavy atom. The number of benzene rings is 2. The predicted octanol–water partition coefficient (Wildman–Crippen LogP) is 5.72. The van der Waals surface area contributed by atoms with E-state index < -0.39 is 11.6 Å². The Hall–Kier alpha value is -1.85. The zero-order chi connectivity index (χ0) is 17.9. The number of carbonyl (C=O) groups excluding carboxylic acids is 1. The molecule has 3 aromatic rings. The van der Waals surface area contributed by atoms with E-state index in [1.807, 2.05) is 13.0 Å². The quantitative estimate of drug-likeness (QED) is 0.419. The molecule has 6 heteroatoms. The molecule has 0 saturated heterocycles. The molecule has 1 aliphatic carbocycles. The third-order valence-electron chi connectivity index (χ3n) is 4.69. The van der Waals surface area contributed by atoms with Crippen LogP contribution in [0.2, 0.25) is 5.02 Å². The summed E-state index contributed by atoms with van der Waals surface area (Å²) in [6.45, 7) is 2.03. The first-order valence-corrected chi connectivity index (χ1v) is 9.15. The Morgan fingerprint density at radius 1 is 1.36 bits per heavy atom. The van der Waals surface area contributed by atoms with Crippen molar-refractivity contribution < 1.29 is 9.18 Å². The number of anilines is 1. The molecule has 1 heterocycles. The van der Waals surface area contributed by atoms with E-state index in [-0.39, 0.29) is 10.6 Å². The number of carbonyl (C=O) groups is 1. The van der Waals surface area contributed by atoms with Gasteiger partial charge < -0.3 is 10.7 Å². The molecular formula is C19H15BrClFN2O. The summed E-state index contributed by atoms with van der Waals surface area (Å²) in [6.07, 6.45) is 2.34. The number of nitrogen functional groups attached to an aromatic ring is 1. The van der Waals surface area contributed by atoms with Crippen LogP contribution in [-0.4, -0.2) is 10.8 Å². The average molecular weight is 422 g/mol. The molecule has 0 atom stereocenters. The number of aromatic nitrogens is 1. The number of hydrogen-bond acceptors (Lipinski definition) is 2. The van der Waals surface area contributed by atoms with Gasteiger partial charge in [-0.25, -0.2) is 4.39 Å². The molecule has 1 aromatic heterocycles. The second-order valence-electron chi connectivity index (χ2n) is 6.47. The van der Waals surface area contributed by atoms with Crippen LogP contribution in [-0.2, 0) is 0 Å². The molecule has 0 amide bonds. The number of aromatic amines is 1. The van der Waals surface area contributed by atoms with E-state index in [0.29, 0.717) is 21.6 Å². The van der Waals surface area contributed by atoms with Crippen LogP contribution < -0.4 is 5.73 Å². The van der Waals surface area contributed by atoms with Gasteiger partial charge in [0.2, 0.25) is 0 Å². The highest BCUT2D eigenvalue weighted by Gasteiger charge is 2.30. The molecule has 3 N–H and O–H groups in total. The average Bonchev–Trinajstić information content (AvgIpc) is 3.33. The van der Waals surface area contributed by atoms with Crippen LogP contribution in [0.3, 0.4) is 0 Å². The van der Waals surface area contributed by atoms with E-state index in [4.69, 9.17) is 17.3 Å². The van der Waals surface area contributed by atoms with Crippen molar-refractivity contribution in [3.05, 3.63) is 62.0 Å². The topological polar surface area (TPSA) is 58.9 Å². The summed E-state index contributed by atoms with van der Waals surface area (Å²) in [4.78, 5) is 16.3. The summed E-state index contributed by atoms with van der Waals surface area (Å²) in [5.41, 5.74) is 10.1. The van der Waals surface area contributed by atoms with Crippen molar-refractivity contribution >= 4 is 49.9 Å².